The Balaban J connectivity index is 0.00000364. The molecule has 2 amide bonds. The maximum atomic E-state index is 12.1. The van der Waals surface area contributed by atoms with Crippen LogP contribution < -0.4 is 16.4 Å². The molecule has 4 N–H and O–H groups in total. The van der Waals surface area contributed by atoms with Gasteiger partial charge in [-0.3, -0.25) is 14.6 Å². The second kappa shape index (κ2) is 12.0. The van der Waals surface area contributed by atoms with Gasteiger partial charge in [0.2, 0.25) is 5.91 Å². The maximum Gasteiger partial charge on any atom is 0.251 e. The fourth-order valence-electron chi connectivity index (χ4n) is 3.09. The molecule has 1 unspecified atom stereocenters. The summed E-state index contributed by atoms with van der Waals surface area (Å²) in [6.07, 6.45) is 2.42. The number of nitrogens with two attached hydrogens (primary N) is 1. The first-order chi connectivity index (χ1) is 12.5. The highest BCUT2D eigenvalue weighted by atomic mass is 127. The maximum absolute atomic E-state index is 12.1. The van der Waals surface area contributed by atoms with Gasteiger partial charge in [0.15, 0.2) is 5.96 Å². The van der Waals surface area contributed by atoms with Gasteiger partial charge in [-0.25, -0.2) is 0 Å². The van der Waals surface area contributed by atoms with Crippen molar-refractivity contribution in [3.63, 3.8) is 0 Å². The van der Waals surface area contributed by atoms with E-state index in [0.717, 1.165) is 31.9 Å². The topological polar surface area (TPSA) is 99.8 Å². The lowest BCUT2D eigenvalue weighted by atomic mass is 9.95. The SMILES string of the molecule is CN=C(NCCNC(=O)c1ccc(Cl)cc1)N1CCCC(CC(N)=O)C1.I. The van der Waals surface area contributed by atoms with Crippen molar-refractivity contribution < 1.29 is 9.59 Å². The van der Waals surface area contributed by atoms with Crippen LogP contribution in [0.5, 0.6) is 0 Å². The zero-order chi connectivity index (χ0) is 18.9. The minimum Gasteiger partial charge on any atom is -0.370 e. The van der Waals surface area contributed by atoms with Crippen molar-refractivity contribution in [3.8, 4) is 0 Å². The molecule has 0 bridgehead atoms. The zero-order valence-electron chi connectivity index (χ0n) is 15.4. The van der Waals surface area contributed by atoms with Gasteiger partial charge in [-0.05, 0) is 43.0 Å². The molecule has 0 aromatic heterocycles. The number of primary amides is 1. The smallest absolute Gasteiger partial charge is 0.251 e. The molecule has 1 fully saturated rings. The molecule has 27 heavy (non-hydrogen) atoms. The lowest BCUT2D eigenvalue weighted by Crippen LogP contribution is -2.48. The number of likely N-dealkylation sites (tertiary alicyclic amines) is 1. The Morgan fingerprint density at radius 3 is 2.56 bits per heavy atom. The highest BCUT2D eigenvalue weighted by Gasteiger charge is 2.23. The second-order valence-electron chi connectivity index (χ2n) is 6.36. The molecule has 2 rings (SSSR count). The summed E-state index contributed by atoms with van der Waals surface area (Å²) in [6.45, 7) is 2.69. The Morgan fingerprint density at radius 2 is 1.93 bits per heavy atom. The third kappa shape index (κ3) is 7.92. The van der Waals surface area contributed by atoms with E-state index in [4.69, 9.17) is 17.3 Å². The van der Waals surface area contributed by atoms with E-state index in [1.165, 1.54) is 0 Å². The van der Waals surface area contributed by atoms with Crippen LogP contribution in [0.4, 0.5) is 0 Å². The average Bonchev–Trinajstić information content (AvgIpc) is 2.62. The summed E-state index contributed by atoms with van der Waals surface area (Å²) in [4.78, 5) is 29.6. The van der Waals surface area contributed by atoms with Crippen molar-refractivity contribution in [2.45, 2.75) is 19.3 Å². The molecule has 1 aliphatic rings. The number of nitrogens with one attached hydrogen (secondary N) is 2. The molecule has 0 spiro atoms. The van der Waals surface area contributed by atoms with E-state index in [9.17, 15) is 9.59 Å². The van der Waals surface area contributed by atoms with Crippen molar-refractivity contribution in [2.75, 3.05) is 33.2 Å². The first kappa shape index (κ1) is 23.5. The molecule has 1 saturated heterocycles. The van der Waals surface area contributed by atoms with E-state index >= 15 is 0 Å². The van der Waals surface area contributed by atoms with Gasteiger partial charge >= 0.3 is 0 Å². The number of carbonyl (C=O) groups is 2. The van der Waals surface area contributed by atoms with Gasteiger partial charge in [0, 0.05) is 50.2 Å². The quantitative estimate of drug-likeness (QED) is 0.237. The molecular weight excluding hydrogens is 481 g/mol. The summed E-state index contributed by atoms with van der Waals surface area (Å²) in [6, 6.07) is 6.76. The molecule has 1 aliphatic heterocycles. The summed E-state index contributed by atoms with van der Waals surface area (Å²) < 4.78 is 0. The number of hydrogen-bond acceptors (Lipinski definition) is 3. The van der Waals surface area contributed by atoms with Crippen molar-refractivity contribution in [1.82, 2.24) is 15.5 Å². The summed E-state index contributed by atoms with van der Waals surface area (Å²) in [7, 11) is 1.73. The van der Waals surface area contributed by atoms with Crippen molar-refractivity contribution >= 4 is 53.4 Å². The molecule has 1 aromatic rings. The number of hydrogen-bond donors (Lipinski definition) is 3. The molecular formula is C18H27ClIN5O2. The highest BCUT2D eigenvalue weighted by molar-refractivity contribution is 14.0. The fraction of sp³-hybridized carbons (Fsp3) is 0.500. The standard InChI is InChI=1S/C18H26ClN5O2.HI/c1-21-18(24-10-2-3-13(12-24)11-16(20)25)23-9-8-22-17(26)14-4-6-15(19)7-5-14;/h4-7,13H,2-3,8-12H2,1H3,(H2,20,25)(H,21,23)(H,22,26);1H. The number of carbonyl (C=O) groups excluding carboxylic acids is 2. The van der Waals surface area contributed by atoms with Gasteiger partial charge in [-0.15, -0.1) is 24.0 Å². The number of aliphatic imine (C=N–C) groups is 1. The second-order valence-corrected chi connectivity index (χ2v) is 6.80. The number of guanidine groups is 1. The first-order valence-corrected chi connectivity index (χ1v) is 9.15. The number of amides is 2. The average molecular weight is 508 g/mol. The van der Waals surface area contributed by atoms with Gasteiger partial charge in [0.1, 0.15) is 0 Å². The van der Waals surface area contributed by atoms with Gasteiger partial charge in [-0.1, -0.05) is 11.6 Å². The van der Waals surface area contributed by atoms with Crippen LogP contribution in [0.15, 0.2) is 29.3 Å². The molecule has 0 saturated carbocycles. The Kier molecular flexibility index (Phi) is 10.5. The lowest BCUT2D eigenvalue weighted by molar-refractivity contribution is -0.119. The Hall–Kier alpha value is -1.55. The van der Waals surface area contributed by atoms with Gasteiger partial charge < -0.3 is 21.3 Å². The van der Waals surface area contributed by atoms with Crippen LogP contribution in [0.3, 0.4) is 0 Å². The van der Waals surface area contributed by atoms with E-state index in [0.29, 0.717) is 30.1 Å². The fourth-order valence-corrected chi connectivity index (χ4v) is 3.22. The molecule has 1 atom stereocenters. The van der Waals surface area contributed by atoms with Gasteiger partial charge in [0.25, 0.3) is 5.91 Å². The molecule has 150 valence electrons. The Morgan fingerprint density at radius 1 is 1.26 bits per heavy atom. The van der Waals surface area contributed by atoms with Crippen LogP contribution in [-0.2, 0) is 4.79 Å². The van der Waals surface area contributed by atoms with E-state index in [1.807, 2.05) is 0 Å². The van der Waals surface area contributed by atoms with Crippen LogP contribution in [0, 0.1) is 5.92 Å². The number of piperidine rings is 1. The number of nitrogens with zero attached hydrogens (tertiary/aromatic N) is 2. The molecule has 7 nitrogen and oxygen atoms in total. The van der Waals surface area contributed by atoms with Crippen molar-refractivity contribution in [1.29, 1.82) is 0 Å². The molecule has 0 aliphatic carbocycles. The third-order valence-corrected chi connectivity index (χ3v) is 4.57. The predicted molar refractivity (Wildman–Crippen MR) is 119 cm³/mol. The minimum atomic E-state index is -0.260. The van der Waals surface area contributed by atoms with E-state index in [2.05, 4.69) is 20.5 Å². The summed E-state index contributed by atoms with van der Waals surface area (Å²) in [5, 5.41) is 6.71. The highest BCUT2D eigenvalue weighted by Crippen LogP contribution is 2.19. The predicted octanol–water partition coefficient (Wildman–Crippen LogP) is 1.85. The Bertz CT molecular complexity index is 654. The zero-order valence-corrected chi connectivity index (χ0v) is 18.5. The molecule has 1 aromatic carbocycles. The molecule has 9 heteroatoms. The number of benzene rings is 1. The van der Waals surface area contributed by atoms with E-state index in [-0.39, 0.29) is 41.7 Å². The van der Waals surface area contributed by atoms with Crippen LogP contribution in [0.1, 0.15) is 29.6 Å². The largest absolute Gasteiger partial charge is 0.370 e. The molecule has 1 heterocycles. The first-order valence-electron chi connectivity index (χ1n) is 8.77. The summed E-state index contributed by atoms with van der Waals surface area (Å²) in [5.74, 6) is 0.645. The van der Waals surface area contributed by atoms with Gasteiger partial charge in [0.05, 0.1) is 0 Å². The van der Waals surface area contributed by atoms with E-state index < -0.39 is 0 Å². The molecule has 0 radical (unpaired) electrons. The van der Waals surface area contributed by atoms with Crippen molar-refractivity contribution in [2.24, 2.45) is 16.6 Å². The van der Waals surface area contributed by atoms with Crippen molar-refractivity contribution in [3.05, 3.63) is 34.9 Å². The lowest BCUT2D eigenvalue weighted by Gasteiger charge is -2.34. The minimum absolute atomic E-state index is 0. The van der Waals surface area contributed by atoms with Crippen LogP contribution in [-0.4, -0.2) is 55.9 Å². The van der Waals surface area contributed by atoms with Crippen LogP contribution in [0.2, 0.25) is 5.02 Å². The van der Waals surface area contributed by atoms with E-state index in [1.54, 1.807) is 31.3 Å². The number of halogens is 2. The van der Waals surface area contributed by atoms with Gasteiger partial charge in [-0.2, -0.15) is 0 Å². The Labute approximate surface area is 182 Å². The van der Waals surface area contributed by atoms with Crippen LogP contribution >= 0.6 is 35.6 Å². The summed E-state index contributed by atoms with van der Waals surface area (Å²) >= 11 is 5.82. The summed E-state index contributed by atoms with van der Waals surface area (Å²) in [5.41, 5.74) is 5.88. The number of rotatable bonds is 6. The third-order valence-electron chi connectivity index (χ3n) is 4.32. The monoisotopic (exact) mass is 507 g/mol. The normalized spacial score (nSPS) is 17.0. The van der Waals surface area contributed by atoms with Crippen LogP contribution in [0.25, 0.3) is 0 Å².